The summed E-state index contributed by atoms with van der Waals surface area (Å²) in [6, 6.07) is 15.8. The number of primary sulfonamides is 1. The molecule has 0 aliphatic carbocycles. The van der Waals surface area contributed by atoms with Crippen LogP contribution in [-0.2, 0) is 14.8 Å². The fourth-order valence-electron chi connectivity index (χ4n) is 5.12. The first-order valence-corrected chi connectivity index (χ1v) is 15.7. The molecule has 0 bridgehead atoms. The number of carbonyl (C=O) groups excluding carboxylic acids is 1. The van der Waals surface area contributed by atoms with Gasteiger partial charge >= 0.3 is 5.97 Å². The number of carboxylic acids is 1. The van der Waals surface area contributed by atoms with Gasteiger partial charge in [0, 0.05) is 35.0 Å². The molecule has 10 nitrogen and oxygen atoms in total. The number of halogens is 2. The van der Waals surface area contributed by atoms with Crippen LogP contribution in [0.25, 0.3) is 28.3 Å². The number of rotatable bonds is 12. The highest BCUT2D eigenvalue weighted by molar-refractivity contribution is 7.89. The Labute approximate surface area is 264 Å². The molecule has 0 aliphatic rings. The molecule has 6 N–H and O–H groups in total. The zero-order chi connectivity index (χ0) is 33.8. The minimum atomic E-state index is -4.08. The molecule has 4 aromatic rings. The van der Waals surface area contributed by atoms with E-state index in [0.29, 0.717) is 27.9 Å². The maximum absolute atomic E-state index is 14.2. The Kier molecular flexibility index (Phi) is 10.5. The first-order valence-electron chi connectivity index (χ1n) is 14.2. The largest absolute Gasteiger partial charge is 0.481 e. The van der Waals surface area contributed by atoms with Crippen molar-refractivity contribution in [1.29, 1.82) is 0 Å². The molecule has 2 atom stereocenters. The maximum atomic E-state index is 14.2. The van der Waals surface area contributed by atoms with E-state index in [4.69, 9.17) is 10.2 Å². The molecular weight excluding hydrogens is 620 g/mol. The number of hydrogen-bond acceptors (Lipinski definition) is 6. The molecule has 1 heterocycles. The fraction of sp³-hybridized carbons (Fsp3) is 0.212. The SMILES string of the molecule is CC(C)n1c(/C=C/[C@@H](O)C[C@@H](O)CC(=O)O)c(-c2ccc(F)cc2)c(-c2ccc(F)cc2)c1C(=O)Nc1cccc(S(N)(=O)=O)c1. The van der Waals surface area contributed by atoms with Gasteiger partial charge in [0.25, 0.3) is 5.91 Å². The van der Waals surface area contributed by atoms with Gasteiger partial charge in [-0.05, 0) is 73.5 Å². The van der Waals surface area contributed by atoms with E-state index in [9.17, 15) is 37.0 Å². The summed E-state index contributed by atoms with van der Waals surface area (Å²) in [5.74, 6) is -2.93. The third-order valence-electron chi connectivity index (χ3n) is 7.06. The molecule has 242 valence electrons. The minimum Gasteiger partial charge on any atom is -0.481 e. The predicted molar refractivity (Wildman–Crippen MR) is 169 cm³/mol. The summed E-state index contributed by atoms with van der Waals surface area (Å²) in [6.45, 7) is 3.59. The number of hydrogen-bond donors (Lipinski definition) is 5. The van der Waals surface area contributed by atoms with E-state index in [1.165, 1.54) is 84.9 Å². The van der Waals surface area contributed by atoms with Crippen LogP contribution in [0.15, 0.2) is 83.8 Å². The summed E-state index contributed by atoms with van der Waals surface area (Å²) in [6.07, 6.45) is -0.594. The summed E-state index contributed by atoms with van der Waals surface area (Å²) in [7, 11) is -4.08. The van der Waals surface area contributed by atoms with Gasteiger partial charge in [-0.25, -0.2) is 22.3 Å². The zero-order valence-corrected chi connectivity index (χ0v) is 25.7. The molecule has 4 rings (SSSR count). The van der Waals surface area contributed by atoms with Crippen molar-refractivity contribution < 1.29 is 42.1 Å². The first kappa shape index (κ1) is 34.2. The Morgan fingerprint density at radius 2 is 1.50 bits per heavy atom. The molecule has 0 radical (unpaired) electrons. The van der Waals surface area contributed by atoms with Gasteiger partial charge in [0.15, 0.2) is 0 Å². The first-order chi connectivity index (χ1) is 21.6. The number of nitrogens with one attached hydrogen (secondary N) is 1. The number of aliphatic hydroxyl groups excluding tert-OH is 2. The summed E-state index contributed by atoms with van der Waals surface area (Å²) in [5, 5.41) is 37.7. The molecule has 46 heavy (non-hydrogen) atoms. The van der Waals surface area contributed by atoms with Gasteiger partial charge in [-0.3, -0.25) is 9.59 Å². The van der Waals surface area contributed by atoms with E-state index in [1.54, 1.807) is 18.4 Å². The molecule has 0 saturated heterocycles. The van der Waals surface area contributed by atoms with Gasteiger partial charge in [0.1, 0.15) is 17.3 Å². The number of aromatic nitrogens is 1. The third kappa shape index (κ3) is 8.12. The van der Waals surface area contributed by atoms with Crippen molar-refractivity contribution in [2.24, 2.45) is 5.14 Å². The molecule has 0 unspecified atom stereocenters. The van der Waals surface area contributed by atoms with Gasteiger partial charge in [-0.15, -0.1) is 0 Å². The molecule has 13 heteroatoms. The lowest BCUT2D eigenvalue weighted by atomic mass is 9.94. The molecule has 0 aliphatic heterocycles. The molecule has 1 aromatic heterocycles. The number of carbonyl (C=O) groups is 2. The van der Waals surface area contributed by atoms with Crippen LogP contribution >= 0.6 is 0 Å². The second-order valence-electron chi connectivity index (χ2n) is 10.9. The lowest BCUT2D eigenvalue weighted by molar-refractivity contribution is -0.139. The Balaban J connectivity index is 1.99. The molecule has 3 aromatic carbocycles. The van der Waals surface area contributed by atoms with E-state index >= 15 is 0 Å². The minimum absolute atomic E-state index is 0.0852. The van der Waals surface area contributed by atoms with Crippen molar-refractivity contribution in [3.63, 3.8) is 0 Å². The van der Waals surface area contributed by atoms with Crippen LogP contribution in [0.1, 0.15) is 48.9 Å². The fourth-order valence-corrected chi connectivity index (χ4v) is 5.68. The van der Waals surface area contributed by atoms with Gasteiger partial charge in [0.2, 0.25) is 10.0 Å². The van der Waals surface area contributed by atoms with Crippen LogP contribution in [0.3, 0.4) is 0 Å². The average Bonchev–Trinajstić information content (AvgIpc) is 3.31. The topological polar surface area (TPSA) is 172 Å². The Hall–Kier alpha value is -4.69. The highest BCUT2D eigenvalue weighted by atomic mass is 32.2. The van der Waals surface area contributed by atoms with Crippen LogP contribution in [0.2, 0.25) is 0 Å². The number of anilines is 1. The molecule has 1 amide bonds. The molecule has 0 saturated carbocycles. The van der Waals surface area contributed by atoms with E-state index in [1.807, 2.05) is 0 Å². The predicted octanol–water partition coefficient (Wildman–Crippen LogP) is 5.18. The van der Waals surface area contributed by atoms with Crippen molar-refractivity contribution >= 4 is 33.7 Å². The number of amides is 1. The normalized spacial score (nSPS) is 13.2. The van der Waals surface area contributed by atoms with Crippen molar-refractivity contribution in [3.8, 4) is 22.3 Å². The Bertz CT molecular complexity index is 1870. The van der Waals surface area contributed by atoms with E-state index < -0.39 is 58.2 Å². The van der Waals surface area contributed by atoms with Crippen LogP contribution in [0.5, 0.6) is 0 Å². The average molecular weight is 654 g/mol. The highest BCUT2D eigenvalue weighted by Crippen LogP contribution is 2.43. The summed E-state index contributed by atoms with van der Waals surface area (Å²) in [4.78, 5) is 25.0. The number of sulfonamides is 1. The number of nitrogens with two attached hydrogens (primary N) is 1. The second kappa shape index (κ2) is 14.2. The number of carboxylic acid groups (broad SMARTS) is 1. The van der Waals surface area contributed by atoms with Crippen molar-refractivity contribution in [1.82, 2.24) is 4.57 Å². The lowest BCUT2D eigenvalue weighted by Crippen LogP contribution is -2.20. The van der Waals surface area contributed by atoms with Gasteiger partial charge in [0.05, 0.1) is 23.5 Å². The molecule has 0 spiro atoms. The lowest BCUT2D eigenvalue weighted by Gasteiger charge is -2.17. The highest BCUT2D eigenvalue weighted by Gasteiger charge is 2.30. The van der Waals surface area contributed by atoms with E-state index in [0.717, 1.165) is 0 Å². The van der Waals surface area contributed by atoms with Gasteiger partial charge in [-0.1, -0.05) is 36.4 Å². The summed E-state index contributed by atoms with van der Waals surface area (Å²) < 4.78 is 53.7. The molecular formula is C33H33F2N3O7S. The second-order valence-corrected chi connectivity index (χ2v) is 12.5. The van der Waals surface area contributed by atoms with Gasteiger partial charge < -0.3 is 25.2 Å². The van der Waals surface area contributed by atoms with Crippen molar-refractivity contribution in [3.05, 3.63) is 102 Å². The van der Waals surface area contributed by atoms with Crippen LogP contribution in [0.4, 0.5) is 14.5 Å². The van der Waals surface area contributed by atoms with Crippen LogP contribution in [-0.4, -0.2) is 52.4 Å². The number of benzene rings is 3. The zero-order valence-electron chi connectivity index (χ0n) is 24.9. The molecule has 0 fully saturated rings. The number of aliphatic carboxylic acids is 1. The van der Waals surface area contributed by atoms with E-state index in [2.05, 4.69) is 5.32 Å². The Morgan fingerprint density at radius 3 is 2.02 bits per heavy atom. The summed E-state index contributed by atoms with van der Waals surface area (Å²) >= 11 is 0. The quantitative estimate of drug-likeness (QED) is 0.140. The number of aliphatic hydroxyl groups is 2. The van der Waals surface area contributed by atoms with Crippen molar-refractivity contribution in [2.45, 2.75) is 49.8 Å². The smallest absolute Gasteiger partial charge is 0.305 e. The van der Waals surface area contributed by atoms with Crippen LogP contribution in [0, 0.1) is 11.6 Å². The van der Waals surface area contributed by atoms with Crippen LogP contribution < -0.4 is 10.5 Å². The summed E-state index contributed by atoms with van der Waals surface area (Å²) in [5.41, 5.74) is 2.26. The third-order valence-corrected chi connectivity index (χ3v) is 7.97. The monoisotopic (exact) mass is 653 g/mol. The Morgan fingerprint density at radius 1 is 0.935 bits per heavy atom. The maximum Gasteiger partial charge on any atom is 0.305 e. The van der Waals surface area contributed by atoms with E-state index in [-0.39, 0.29) is 22.7 Å². The van der Waals surface area contributed by atoms with Gasteiger partial charge in [-0.2, -0.15) is 0 Å². The number of nitrogens with zero attached hydrogens (tertiary/aromatic N) is 1. The van der Waals surface area contributed by atoms with Crippen molar-refractivity contribution in [2.75, 3.05) is 5.32 Å². The standard InChI is InChI=1S/C33H33F2N3O7S/c1-19(2)38-28(15-14-25(39)17-26(40)18-29(41)42)30(20-6-10-22(34)11-7-20)31(21-8-12-23(35)13-9-21)32(38)33(43)37-24-4-3-5-27(16-24)46(36,44)45/h3-16,19,25-26,39-40H,17-18H2,1-2H3,(H,37,43)(H,41,42)(H2,36,44,45)/b15-14+/t25-,26-/m1/s1.